The molecule has 0 spiro atoms. The first-order chi connectivity index (χ1) is 13.6. The molecule has 2 heterocycles. The number of carbonyl (C=O) groups excluding carboxylic acids is 3. The molecule has 1 fully saturated rings. The van der Waals surface area contributed by atoms with Crippen LogP contribution in [0.5, 0.6) is 0 Å². The summed E-state index contributed by atoms with van der Waals surface area (Å²) < 4.78 is 5.84. The van der Waals surface area contributed by atoms with Gasteiger partial charge in [0.1, 0.15) is 12.6 Å². The Kier molecular flexibility index (Phi) is 4.96. The topological polar surface area (TPSA) is 66.9 Å². The zero-order valence-electron chi connectivity index (χ0n) is 15.8. The summed E-state index contributed by atoms with van der Waals surface area (Å²) in [6.45, 7) is 3.15. The Morgan fingerprint density at radius 1 is 1.04 bits per heavy atom. The second-order valence-corrected chi connectivity index (χ2v) is 7.04. The van der Waals surface area contributed by atoms with Crippen LogP contribution in [0.1, 0.15) is 44.9 Å². The van der Waals surface area contributed by atoms with E-state index >= 15 is 0 Å². The van der Waals surface area contributed by atoms with Gasteiger partial charge in [0.15, 0.2) is 0 Å². The van der Waals surface area contributed by atoms with Gasteiger partial charge >= 0.3 is 0 Å². The van der Waals surface area contributed by atoms with Gasteiger partial charge in [0.2, 0.25) is 5.91 Å². The molecule has 4 rings (SSSR count). The van der Waals surface area contributed by atoms with E-state index in [0.717, 1.165) is 16.9 Å². The molecule has 1 saturated heterocycles. The van der Waals surface area contributed by atoms with Crippen LogP contribution in [-0.2, 0) is 16.0 Å². The van der Waals surface area contributed by atoms with Crippen molar-refractivity contribution in [3.8, 4) is 0 Å². The van der Waals surface area contributed by atoms with Gasteiger partial charge in [-0.15, -0.1) is 0 Å². The molecule has 0 aromatic heterocycles. The summed E-state index contributed by atoms with van der Waals surface area (Å²) in [6, 6.07) is 14.9. The van der Waals surface area contributed by atoms with Crippen molar-refractivity contribution in [2.75, 3.05) is 26.2 Å². The molecule has 0 saturated carbocycles. The van der Waals surface area contributed by atoms with Crippen molar-refractivity contribution in [1.29, 1.82) is 0 Å². The second-order valence-electron chi connectivity index (χ2n) is 7.04. The first kappa shape index (κ1) is 18.4. The van der Waals surface area contributed by atoms with Gasteiger partial charge < -0.3 is 9.64 Å². The van der Waals surface area contributed by atoms with Crippen molar-refractivity contribution in [1.82, 2.24) is 9.80 Å². The van der Waals surface area contributed by atoms with Crippen molar-refractivity contribution in [3.05, 3.63) is 70.8 Å². The molecule has 0 bridgehead atoms. The maximum atomic E-state index is 12.8. The van der Waals surface area contributed by atoms with Gasteiger partial charge in [0.05, 0.1) is 24.3 Å². The van der Waals surface area contributed by atoms with Gasteiger partial charge in [-0.25, -0.2) is 0 Å². The van der Waals surface area contributed by atoms with E-state index in [1.165, 1.54) is 5.56 Å². The van der Waals surface area contributed by atoms with E-state index < -0.39 is 11.8 Å². The van der Waals surface area contributed by atoms with Crippen LogP contribution in [0.25, 0.3) is 0 Å². The van der Waals surface area contributed by atoms with Crippen LogP contribution in [0.2, 0.25) is 0 Å². The highest BCUT2D eigenvalue weighted by Crippen LogP contribution is 2.25. The first-order valence-electron chi connectivity index (χ1n) is 9.52. The number of imide groups is 1. The molecule has 1 unspecified atom stereocenters. The highest BCUT2D eigenvalue weighted by molar-refractivity contribution is 6.22. The maximum Gasteiger partial charge on any atom is 0.262 e. The summed E-state index contributed by atoms with van der Waals surface area (Å²) in [5, 5.41) is 0. The summed E-state index contributed by atoms with van der Waals surface area (Å²) in [6.07, 6.45) is 0.766. The Labute approximate surface area is 163 Å². The van der Waals surface area contributed by atoms with Gasteiger partial charge in [-0.05, 0) is 29.7 Å². The van der Waals surface area contributed by atoms with Crippen molar-refractivity contribution < 1.29 is 19.1 Å². The summed E-state index contributed by atoms with van der Waals surface area (Å²) >= 11 is 0. The molecular weight excluding hydrogens is 356 g/mol. The highest BCUT2D eigenvalue weighted by atomic mass is 16.5. The number of carbonyl (C=O) groups is 3. The fourth-order valence-corrected chi connectivity index (χ4v) is 3.66. The number of amides is 3. The second kappa shape index (κ2) is 7.56. The maximum absolute atomic E-state index is 12.8. The SMILES string of the molecule is CCc1ccc(C2CN(C(=O)CN3C(=O)c4ccccc4C3=O)CCO2)cc1. The third-order valence-corrected chi connectivity index (χ3v) is 5.35. The lowest BCUT2D eigenvalue weighted by Crippen LogP contribution is -2.47. The van der Waals surface area contributed by atoms with E-state index in [9.17, 15) is 14.4 Å². The Morgan fingerprint density at radius 2 is 1.68 bits per heavy atom. The molecule has 1 atom stereocenters. The molecule has 2 aliphatic heterocycles. The summed E-state index contributed by atoms with van der Waals surface area (Å²) in [5.74, 6) is -1.06. The standard InChI is InChI=1S/C22H22N2O4/c1-2-15-7-9-16(10-8-15)19-13-23(11-12-28-19)20(25)14-24-21(26)17-5-3-4-6-18(17)22(24)27/h3-10,19H,2,11-14H2,1H3. The predicted molar refractivity (Wildman–Crippen MR) is 103 cm³/mol. The Balaban J connectivity index is 1.43. The Morgan fingerprint density at radius 3 is 2.29 bits per heavy atom. The molecule has 2 aromatic rings. The molecule has 28 heavy (non-hydrogen) atoms. The van der Waals surface area contributed by atoms with Crippen LogP contribution in [-0.4, -0.2) is 53.8 Å². The molecule has 2 aromatic carbocycles. The quantitative estimate of drug-likeness (QED) is 0.767. The fourth-order valence-electron chi connectivity index (χ4n) is 3.66. The minimum atomic E-state index is -0.408. The van der Waals surface area contributed by atoms with E-state index in [1.807, 2.05) is 12.1 Å². The monoisotopic (exact) mass is 378 g/mol. The lowest BCUT2D eigenvalue weighted by molar-refractivity contribution is -0.139. The number of rotatable bonds is 4. The van der Waals surface area contributed by atoms with Crippen LogP contribution in [0.15, 0.2) is 48.5 Å². The van der Waals surface area contributed by atoms with E-state index in [0.29, 0.717) is 30.8 Å². The summed E-state index contributed by atoms with van der Waals surface area (Å²) in [5.41, 5.74) is 2.99. The highest BCUT2D eigenvalue weighted by Gasteiger charge is 2.37. The number of hydrogen-bond donors (Lipinski definition) is 0. The van der Waals surface area contributed by atoms with Gasteiger partial charge in [-0.2, -0.15) is 0 Å². The molecule has 3 amide bonds. The van der Waals surface area contributed by atoms with Crippen LogP contribution >= 0.6 is 0 Å². The van der Waals surface area contributed by atoms with E-state index in [-0.39, 0.29) is 18.6 Å². The molecule has 6 heteroatoms. The summed E-state index contributed by atoms with van der Waals surface area (Å²) in [4.78, 5) is 40.5. The third kappa shape index (κ3) is 3.31. The van der Waals surface area contributed by atoms with Gasteiger partial charge in [0.25, 0.3) is 11.8 Å². The van der Waals surface area contributed by atoms with Gasteiger partial charge in [0, 0.05) is 6.54 Å². The molecular formula is C22H22N2O4. The van der Waals surface area contributed by atoms with Crippen molar-refractivity contribution in [3.63, 3.8) is 0 Å². The zero-order valence-corrected chi connectivity index (χ0v) is 15.8. The average Bonchev–Trinajstić information content (AvgIpc) is 2.99. The van der Waals surface area contributed by atoms with Crippen LogP contribution < -0.4 is 0 Å². The Bertz CT molecular complexity index is 887. The van der Waals surface area contributed by atoms with Crippen LogP contribution in [0.4, 0.5) is 0 Å². The van der Waals surface area contributed by atoms with Gasteiger partial charge in [-0.3, -0.25) is 19.3 Å². The average molecular weight is 378 g/mol. The smallest absolute Gasteiger partial charge is 0.262 e. The van der Waals surface area contributed by atoms with Crippen LogP contribution in [0, 0.1) is 0 Å². The normalized spacial score (nSPS) is 19.1. The summed E-state index contributed by atoms with van der Waals surface area (Å²) in [7, 11) is 0. The fraction of sp³-hybridized carbons (Fsp3) is 0.318. The van der Waals surface area contributed by atoms with Crippen LogP contribution in [0.3, 0.4) is 0 Å². The molecule has 0 N–H and O–H groups in total. The number of ether oxygens (including phenoxy) is 1. The van der Waals surface area contributed by atoms with E-state index in [2.05, 4.69) is 19.1 Å². The van der Waals surface area contributed by atoms with Gasteiger partial charge in [-0.1, -0.05) is 43.3 Å². The molecule has 0 aliphatic carbocycles. The number of aryl methyl sites for hydroxylation is 1. The molecule has 6 nitrogen and oxygen atoms in total. The van der Waals surface area contributed by atoms with Crippen molar-refractivity contribution in [2.45, 2.75) is 19.4 Å². The minimum Gasteiger partial charge on any atom is -0.370 e. The predicted octanol–water partition coefficient (Wildman–Crippen LogP) is 2.45. The zero-order chi connectivity index (χ0) is 19.7. The number of morpholine rings is 1. The number of benzene rings is 2. The minimum absolute atomic E-state index is 0.203. The first-order valence-corrected chi connectivity index (χ1v) is 9.52. The van der Waals surface area contributed by atoms with Crippen molar-refractivity contribution in [2.24, 2.45) is 0 Å². The molecule has 144 valence electrons. The number of fused-ring (bicyclic) bond motifs is 1. The van der Waals surface area contributed by atoms with E-state index in [1.54, 1.807) is 29.2 Å². The third-order valence-electron chi connectivity index (χ3n) is 5.35. The molecule has 0 radical (unpaired) electrons. The van der Waals surface area contributed by atoms with E-state index in [4.69, 9.17) is 4.74 Å². The van der Waals surface area contributed by atoms with Crippen molar-refractivity contribution >= 4 is 17.7 Å². The lowest BCUT2D eigenvalue weighted by Gasteiger charge is -2.34. The molecule has 2 aliphatic rings. The number of hydrogen-bond acceptors (Lipinski definition) is 4. The number of nitrogens with zero attached hydrogens (tertiary/aromatic N) is 2. The Hall–Kier alpha value is -2.99. The largest absolute Gasteiger partial charge is 0.370 e. The lowest BCUT2D eigenvalue weighted by atomic mass is 10.0.